The Morgan fingerprint density at radius 2 is 2.00 bits per heavy atom. The minimum absolute atomic E-state index is 0.241. The van der Waals surface area contributed by atoms with Gasteiger partial charge in [-0.1, -0.05) is 31.2 Å². The van der Waals surface area contributed by atoms with Crippen LogP contribution in [0.1, 0.15) is 13.3 Å². The number of rotatable bonds is 0. The third kappa shape index (κ3) is 2.02. The van der Waals surface area contributed by atoms with Gasteiger partial charge in [-0.05, 0) is 12.3 Å². The Balaban J connectivity index is 2.54. The maximum atomic E-state index is 9.13. The Kier molecular flexibility index (Phi) is 2.06. The van der Waals surface area contributed by atoms with E-state index in [-0.39, 0.29) is 6.10 Å². The molecule has 2 unspecified atom stereocenters. The first-order valence-corrected chi connectivity index (χ1v) is 3.32. The van der Waals surface area contributed by atoms with E-state index in [9.17, 15) is 0 Å². The molecule has 0 aromatic carbocycles. The zero-order valence-electron chi connectivity index (χ0n) is 5.62. The molecule has 0 fully saturated rings. The maximum Gasteiger partial charge on any atom is 0.0729 e. The third-order valence-electron chi connectivity index (χ3n) is 1.50. The summed E-state index contributed by atoms with van der Waals surface area (Å²) in [5.41, 5.74) is 0. The molecule has 1 nitrogen and oxygen atoms in total. The average Bonchev–Trinajstić information content (AvgIpc) is 1.93. The monoisotopic (exact) mass is 124 g/mol. The van der Waals surface area contributed by atoms with E-state index in [0.717, 1.165) is 6.42 Å². The Labute approximate surface area is 55.7 Å². The van der Waals surface area contributed by atoms with Gasteiger partial charge in [-0.3, -0.25) is 0 Å². The van der Waals surface area contributed by atoms with Crippen LogP contribution in [0.2, 0.25) is 0 Å². The van der Waals surface area contributed by atoms with Crippen molar-refractivity contribution >= 4 is 0 Å². The lowest BCUT2D eigenvalue weighted by Gasteiger charge is -2.05. The van der Waals surface area contributed by atoms with Crippen LogP contribution < -0.4 is 0 Å². The van der Waals surface area contributed by atoms with Gasteiger partial charge in [0, 0.05) is 0 Å². The fraction of sp³-hybridized carbons (Fsp3) is 0.500. The topological polar surface area (TPSA) is 20.2 Å². The number of hydrogen-bond donors (Lipinski definition) is 1. The molecule has 1 aliphatic carbocycles. The predicted octanol–water partition coefficient (Wildman–Crippen LogP) is 1.50. The lowest BCUT2D eigenvalue weighted by molar-refractivity contribution is 0.201. The van der Waals surface area contributed by atoms with Crippen LogP contribution in [0.5, 0.6) is 0 Å². The van der Waals surface area contributed by atoms with Crippen molar-refractivity contribution in [1.29, 1.82) is 0 Å². The van der Waals surface area contributed by atoms with E-state index in [1.54, 1.807) is 0 Å². The minimum Gasteiger partial charge on any atom is -0.389 e. The summed E-state index contributed by atoms with van der Waals surface area (Å²) in [5, 5.41) is 9.13. The van der Waals surface area contributed by atoms with Crippen molar-refractivity contribution in [2.24, 2.45) is 5.92 Å². The molecule has 0 aliphatic heterocycles. The molecule has 0 spiro atoms. The molecule has 1 N–H and O–H groups in total. The average molecular weight is 124 g/mol. The van der Waals surface area contributed by atoms with Crippen molar-refractivity contribution < 1.29 is 5.11 Å². The van der Waals surface area contributed by atoms with E-state index in [1.165, 1.54) is 0 Å². The molecule has 9 heavy (non-hydrogen) atoms. The predicted molar refractivity (Wildman–Crippen MR) is 38.1 cm³/mol. The summed E-state index contributed by atoms with van der Waals surface area (Å²) >= 11 is 0. The summed E-state index contributed by atoms with van der Waals surface area (Å²) < 4.78 is 0. The Bertz CT molecular complexity index is 120. The van der Waals surface area contributed by atoms with Crippen LogP contribution in [0.25, 0.3) is 0 Å². The Morgan fingerprint density at radius 3 is 2.78 bits per heavy atom. The molecular formula is C8H12O. The van der Waals surface area contributed by atoms with Crippen LogP contribution in [0, 0.1) is 5.92 Å². The van der Waals surface area contributed by atoms with Crippen molar-refractivity contribution in [1.82, 2.24) is 0 Å². The first-order valence-electron chi connectivity index (χ1n) is 3.32. The van der Waals surface area contributed by atoms with Crippen molar-refractivity contribution in [3.05, 3.63) is 24.3 Å². The lowest BCUT2D eigenvalue weighted by Crippen LogP contribution is -2.05. The van der Waals surface area contributed by atoms with Gasteiger partial charge in [0.2, 0.25) is 0 Å². The first kappa shape index (κ1) is 6.56. The highest BCUT2D eigenvalue weighted by Gasteiger charge is 2.05. The molecule has 1 heteroatoms. The molecule has 0 bridgehead atoms. The highest BCUT2D eigenvalue weighted by Crippen LogP contribution is 2.11. The van der Waals surface area contributed by atoms with E-state index < -0.39 is 0 Å². The second-order valence-corrected chi connectivity index (χ2v) is 2.55. The fourth-order valence-corrected chi connectivity index (χ4v) is 0.984. The lowest BCUT2D eigenvalue weighted by atomic mass is 10.1. The molecule has 1 rings (SSSR count). The number of aliphatic hydroxyl groups is 1. The van der Waals surface area contributed by atoms with E-state index in [1.807, 2.05) is 18.2 Å². The molecule has 0 heterocycles. The summed E-state index contributed by atoms with van der Waals surface area (Å²) in [5.74, 6) is 0.509. The molecule has 2 atom stereocenters. The Hall–Kier alpha value is -0.560. The summed E-state index contributed by atoms with van der Waals surface area (Å²) in [4.78, 5) is 0. The van der Waals surface area contributed by atoms with E-state index >= 15 is 0 Å². The van der Waals surface area contributed by atoms with Crippen molar-refractivity contribution in [2.45, 2.75) is 19.4 Å². The molecule has 0 amide bonds. The van der Waals surface area contributed by atoms with Crippen LogP contribution in [0.3, 0.4) is 0 Å². The van der Waals surface area contributed by atoms with Gasteiger partial charge in [-0.15, -0.1) is 0 Å². The van der Waals surface area contributed by atoms with Gasteiger partial charge in [0.25, 0.3) is 0 Å². The van der Waals surface area contributed by atoms with Crippen LogP contribution >= 0.6 is 0 Å². The first-order chi connectivity index (χ1) is 4.29. The molecule has 0 radical (unpaired) electrons. The number of allylic oxidation sites excluding steroid dienone is 3. The second-order valence-electron chi connectivity index (χ2n) is 2.55. The minimum atomic E-state index is -0.241. The number of aliphatic hydroxyl groups excluding tert-OH is 1. The quantitative estimate of drug-likeness (QED) is 0.519. The van der Waals surface area contributed by atoms with Gasteiger partial charge >= 0.3 is 0 Å². The van der Waals surface area contributed by atoms with Gasteiger partial charge in [0.1, 0.15) is 0 Å². The zero-order chi connectivity index (χ0) is 6.69. The summed E-state index contributed by atoms with van der Waals surface area (Å²) in [6.07, 6.45) is 8.42. The van der Waals surface area contributed by atoms with E-state index in [2.05, 4.69) is 13.0 Å². The molecule has 50 valence electrons. The zero-order valence-corrected chi connectivity index (χ0v) is 5.62. The van der Waals surface area contributed by atoms with Crippen molar-refractivity contribution in [3.63, 3.8) is 0 Å². The van der Waals surface area contributed by atoms with Crippen molar-refractivity contribution in [3.8, 4) is 0 Å². The fourth-order valence-electron chi connectivity index (χ4n) is 0.984. The van der Waals surface area contributed by atoms with Gasteiger partial charge in [-0.25, -0.2) is 0 Å². The van der Waals surface area contributed by atoms with E-state index in [0.29, 0.717) is 5.92 Å². The Morgan fingerprint density at radius 1 is 1.33 bits per heavy atom. The standard InChI is InChI=1S/C8H12O/c1-7-4-2-3-5-8(9)6-7/h2-5,7-9H,6H2,1H3. The normalized spacial score (nSPS) is 34.4. The second kappa shape index (κ2) is 2.83. The highest BCUT2D eigenvalue weighted by molar-refractivity contribution is 5.09. The molecular weight excluding hydrogens is 112 g/mol. The summed E-state index contributed by atoms with van der Waals surface area (Å²) in [6, 6.07) is 0. The van der Waals surface area contributed by atoms with Gasteiger partial charge in [0.05, 0.1) is 6.10 Å². The summed E-state index contributed by atoms with van der Waals surface area (Å²) in [7, 11) is 0. The summed E-state index contributed by atoms with van der Waals surface area (Å²) in [6.45, 7) is 2.10. The molecule has 0 saturated heterocycles. The highest BCUT2D eigenvalue weighted by atomic mass is 16.3. The van der Waals surface area contributed by atoms with Crippen LogP contribution in [0.4, 0.5) is 0 Å². The van der Waals surface area contributed by atoms with Gasteiger partial charge < -0.3 is 5.11 Å². The maximum absolute atomic E-state index is 9.13. The molecule has 0 saturated carbocycles. The van der Waals surface area contributed by atoms with Crippen LogP contribution in [-0.4, -0.2) is 11.2 Å². The third-order valence-corrected chi connectivity index (χ3v) is 1.50. The van der Waals surface area contributed by atoms with Gasteiger partial charge in [0.15, 0.2) is 0 Å². The SMILES string of the molecule is CC1C=CC=CC(O)C1. The van der Waals surface area contributed by atoms with Crippen LogP contribution in [0.15, 0.2) is 24.3 Å². The van der Waals surface area contributed by atoms with Gasteiger partial charge in [-0.2, -0.15) is 0 Å². The number of hydrogen-bond acceptors (Lipinski definition) is 1. The van der Waals surface area contributed by atoms with Crippen molar-refractivity contribution in [2.75, 3.05) is 0 Å². The smallest absolute Gasteiger partial charge is 0.0729 e. The van der Waals surface area contributed by atoms with E-state index in [4.69, 9.17) is 5.11 Å². The molecule has 0 aromatic heterocycles. The largest absolute Gasteiger partial charge is 0.389 e. The van der Waals surface area contributed by atoms with Crippen LogP contribution in [-0.2, 0) is 0 Å². The molecule has 1 aliphatic rings. The molecule has 0 aromatic rings.